The van der Waals surface area contributed by atoms with Crippen molar-refractivity contribution in [3.8, 4) is 17.2 Å². The maximum absolute atomic E-state index is 14.6. The average Bonchev–Trinajstić information content (AvgIpc) is 2.77. The summed E-state index contributed by atoms with van der Waals surface area (Å²) in [6.45, 7) is 3.40. The number of carbonyl (C=O) groups is 1. The number of aliphatic hydroxyl groups is 1. The molecule has 0 aliphatic heterocycles. The van der Waals surface area contributed by atoms with Crippen molar-refractivity contribution in [1.82, 2.24) is 4.57 Å². The molecule has 4 N–H and O–H groups in total. The van der Waals surface area contributed by atoms with Crippen LogP contribution in [-0.2, 0) is 6.42 Å². The van der Waals surface area contributed by atoms with Crippen LogP contribution in [0.4, 0.5) is 4.39 Å². The lowest BCUT2D eigenvalue weighted by Crippen LogP contribution is -2.25. The number of ether oxygens (including phenoxy) is 1. The Balaban J connectivity index is 2.33. The van der Waals surface area contributed by atoms with Gasteiger partial charge in [0.15, 0.2) is 11.5 Å². The van der Waals surface area contributed by atoms with E-state index < -0.39 is 45.3 Å². The van der Waals surface area contributed by atoms with E-state index in [4.69, 9.17) is 16.3 Å². The Morgan fingerprint density at radius 3 is 2.42 bits per heavy atom. The van der Waals surface area contributed by atoms with Crippen LogP contribution in [0.1, 0.15) is 41.4 Å². The molecule has 0 aliphatic carbocycles. The minimum Gasteiger partial charge on any atom is -0.504 e. The van der Waals surface area contributed by atoms with Crippen LogP contribution in [0.5, 0.6) is 17.2 Å². The molecule has 0 unspecified atom stereocenters. The number of aromatic carboxylic acids is 1. The molecular formula is C23H23ClFNO7. The van der Waals surface area contributed by atoms with Crippen LogP contribution in [0.25, 0.3) is 10.9 Å². The van der Waals surface area contributed by atoms with Crippen molar-refractivity contribution in [1.29, 1.82) is 0 Å². The lowest BCUT2D eigenvalue weighted by Gasteiger charge is -2.25. The quantitative estimate of drug-likeness (QED) is 0.380. The molecule has 1 heterocycles. The zero-order chi connectivity index (χ0) is 24.6. The zero-order valence-corrected chi connectivity index (χ0v) is 18.9. The first-order chi connectivity index (χ1) is 15.5. The number of aromatic nitrogens is 1. The van der Waals surface area contributed by atoms with E-state index in [9.17, 15) is 34.4 Å². The minimum absolute atomic E-state index is 0.0410. The average molecular weight is 480 g/mol. The first kappa shape index (κ1) is 24.3. The van der Waals surface area contributed by atoms with E-state index in [-0.39, 0.29) is 35.6 Å². The van der Waals surface area contributed by atoms with Crippen molar-refractivity contribution in [2.24, 2.45) is 5.92 Å². The van der Waals surface area contributed by atoms with Gasteiger partial charge in [-0.25, -0.2) is 9.18 Å². The number of hydrogen-bond donors (Lipinski definition) is 4. The van der Waals surface area contributed by atoms with Gasteiger partial charge in [0.05, 0.1) is 25.3 Å². The van der Waals surface area contributed by atoms with Crippen molar-refractivity contribution < 1.29 is 34.3 Å². The highest BCUT2D eigenvalue weighted by Crippen LogP contribution is 2.39. The Labute approximate surface area is 193 Å². The largest absolute Gasteiger partial charge is 0.504 e. The maximum Gasteiger partial charge on any atom is 0.341 e. The van der Waals surface area contributed by atoms with Crippen LogP contribution >= 0.6 is 11.6 Å². The zero-order valence-electron chi connectivity index (χ0n) is 18.1. The first-order valence-electron chi connectivity index (χ1n) is 10.00. The van der Waals surface area contributed by atoms with Crippen molar-refractivity contribution in [3.05, 3.63) is 62.1 Å². The Kier molecular flexibility index (Phi) is 6.85. The molecule has 0 bridgehead atoms. The van der Waals surface area contributed by atoms with Gasteiger partial charge in [-0.05, 0) is 29.2 Å². The number of nitrogens with zero attached hydrogens (tertiary/aromatic N) is 1. The number of aliphatic hydroxyl groups excluding tert-OH is 1. The number of phenolic OH excluding ortho intramolecular Hbond substituents is 2. The molecule has 0 saturated carbocycles. The molecule has 0 saturated heterocycles. The fraction of sp³-hybridized carbons (Fsp3) is 0.304. The molecule has 3 rings (SSSR count). The van der Waals surface area contributed by atoms with Crippen LogP contribution in [0.2, 0.25) is 5.02 Å². The number of carboxylic acids is 1. The summed E-state index contributed by atoms with van der Waals surface area (Å²) in [5.41, 5.74) is -0.635. The van der Waals surface area contributed by atoms with Gasteiger partial charge in [0.1, 0.15) is 22.2 Å². The summed E-state index contributed by atoms with van der Waals surface area (Å²) < 4.78 is 21.6. The molecule has 2 aromatic carbocycles. The molecule has 0 aliphatic rings. The van der Waals surface area contributed by atoms with E-state index in [0.717, 1.165) is 6.07 Å². The Bertz CT molecular complexity index is 1300. The predicted octanol–water partition coefficient (Wildman–Crippen LogP) is 3.69. The van der Waals surface area contributed by atoms with Crippen LogP contribution in [0.15, 0.2) is 29.2 Å². The third kappa shape index (κ3) is 4.34. The first-order valence-corrected chi connectivity index (χ1v) is 10.4. The monoisotopic (exact) mass is 479 g/mol. The highest BCUT2D eigenvalue weighted by atomic mass is 35.5. The van der Waals surface area contributed by atoms with E-state index in [1.807, 2.05) is 13.8 Å². The number of hydrogen-bond acceptors (Lipinski definition) is 6. The van der Waals surface area contributed by atoms with Gasteiger partial charge in [-0.1, -0.05) is 25.4 Å². The second-order valence-electron chi connectivity index (χ2n) is 7.97. The predicted molar refractivity (Wildman–Crippen MR) is 120 cm³/mol. The van der Waals surface area contributed by atoms with E-state index in [2.05, 4.69) is 0 Å². The normalized spacial score (nSPS) is 12.3. The molecular weight excluding hydrogens is 457 g/mol. The van der Waals surface area contributed by atoms with Gasteiger partial charge in [-0.15, -0.1) is 0 Å². The summed E-state index contributed by atoms with van der Waals surface area (Å²) in [4.78, 5) is 24.7. The topological polar surface area (TPSA) is 129 Å². The number of halogens is 2. The molecule has 10 heteroatoms. The second-order valence-corrected chi connectivity index (χ2v) is 8.35. The van der Waals surface area contributed by atoms with Gasteiger partial charge in [-0.2, -0.15) is 0 Å². The maximum atomic E-state index is 14.6. The number of carboxylic acid groups (broad SMARTS) is 1. The Morgan fingerprint density at radius 2 is 1.88 bits per heavy atom. The molecule has 176 valence electrons. The Hall–Kier alpha value is -3.30. The third-order valence-electron chi connectivity index (χ3n) is 5.60. The molecule has 0 spiro atoms. The smallest absolute Gasteiger partial charge is 0.341 e. The highest BCUT2D eigenvalue weighted by molar-refractivity contribution is 6.32. The third-order valence-corrected chi connectivity index (χ3v) is 5.94. The summed E-state index contributed by atoms with van der Waals surface area (Å²) in [6.07, 6.45) is 1.02. The molecule has 1 atom stereocenters. The van der Waals surface area contributed by atoms with E-state index in [1.165, 1.54) is 30.0 Å². The second kappa shape index (κ2) is 9.29. The SMILES string of the molecule is COc1cc2c(cc1Cc1cc(O)c(O)c(Cl)c1F)c(=O)c(C(=O)O)cn2[C@H](CO)C(C)C. The fourth-order valence-electron chi connectivity index (χ4n) is 3.78. The van der Waals surface area contributed by atoms with Crippen LogP contribution < -0.4 is 10.2 Å². The van der Waals surface area contributed by atoms with Crippen molar-refractivity contribution in [3.63, 3.8) is 0 Å². The molecule has 3 aromatic rings. The number of methoxy groups -OCH3 is 1. The van der Waals surface area contributed by atoms with E-state index in [1.54, 1.807) is 0 Å². The highest BCUT2D eigenvalue weighted by Gasteiger charge is 2.24. The summed E-state index contributed by atoms with van der Waals surface area (Å²) in [5.74, 6) is -3.61. The molecule has 8 nitrogen and oxygen atoms in total. The number of rotatable bonds is 7. The fourth-order valence-corrected chi connectivity index (χ4v) is 4.00. The standard InChI is InChI=1S/C23H23ClFNO7/c1-10(2)16(9-27)26-8-14(23(31)32)21(29)13-5-11(18(33-3)7-15(13)26)4-12-6-17(28)22(30)19(24)20(12)25/h5-8,10,16,27-28,30H,4,9H2,1-3H3,(H,31,32)/t16-/m1/s1. The number of phenols is 2. The van der Waals surface area contributed by atoms with Gasteiger partial charge in [0.25, 0.3) is 0 Å². The molecule has 0 radical (unpaired) electrons. The lowest BCUT2D eigenvalue weighted by molar-refractivity contribution is 0.0694. The Morgan fingerprint density at radius 1 is 1.21 bits per heavy atom. The summed E-state index contributed by atoms with van der Waals surface area (Å²) in [7, 11) is 1.38. The van der Waals surface area contributed by atoms with Crippen molar-refractivity contribution >= 4 is 28.5 Å². The lowest BCUT2D eigenvalue weighted by atomic mass is 9.98. The van der Waals surface area contributed by atoms with Crippen molar-refractivity contribution in [2.75, 3.05) is 13.7 Å². The number of pyridine rings is 1. The van der Waals surface area contributed by atoms with E-state index in [0.29, 0.717) is 11.1 Å². The number of fused-ring (bicyclic) bond motifs is 1. The molecule has 33 heavy (non-hydrogen) atoms. The summed E-state index contributed by atoms with van der Waals surface area (Å²) in [5, 5.41) is 38.3. The van der Waals surface area contributed by atoms with Gasteiger partial charge in [-0.3, -0.25) is 4.79 Å². The van der Waals surface area contributed by atoms with Crippen LogP contribution in [0.3, 0.4) is 0 Å². The van der Waals surface area contributed by atoms with Gasteiger partial charge in [0, 0.05) is 24.1 Å². The minimum atomic E-state index is -1.42. The summed E-state index contributed by atoms with van der Waals surface area (Å²) in [6, 6.07) is 3.40. The van der Waals surface area contributed by atoms with Gasteiger partial charge >= 0.3 is 5.97 Å². The molecule has 0 amide bonds. The number of benzene rings is 2. The molecule has 1 aromatic heterocycles. The van der Waals surface area contributed by atoms with Crippen molar-refractivity contribution in [2.45, 2.75) is 26.3 Å². The van der Waals surface area contributed by atoms with Gasteiger partial charge in [0.2, 0.25) is 5.43 Å². The van der Waals surface area contributed by atoms with Crippen LogP contribution in [-0.4, -0.2) is 44.7 Å². The van der Waals surface area contributed by atoms with Gasteiger partial charge < -0.3 is 29.7 Å². The summed E-state index contributed by atoms with van der Waals surface area (Å²) >= 11 is 5.75. The molecule has 0 fully saturated rings. The number of aromatic hydroxyl groups is 2. The van der Waals surface area contributed by atoms with E-state index >= 15 is 0 Å². The van der Waals surface area contributed by atoms with Crippen LogP contribution in [0, 0.1) is 11.7 Å².